The lowest BCUT2D eigenvalue weighted by Gasteiger charge is -2.19. The molecular formula is C14H20I2N2O2. The van der Waals surface area contributed by atoms with Crippen LogP contribution in [0.4, 0.5) is 0 Å². The molecule has 1 aliphatic carbocycles. The maximum Gasteiger partial charge on any atom is 0.306 e. The van der Waals surface area contributed by atoms with E-state index >= 15 is 0 Å². The molecule has 1 saturated carbocycles. The first-order chi connectivity index (χ1) is 9.28. The number of hydrogen-bond acceptors (Lipinski definition) is 3. The highest BCUT2D eigenvalue weighted by atomic mass is 127. The summed E-state index contributed by atoms with van der Waals surface area (Å²) in [4.78, 5) is 16.4. The number of nitrogens with zero attached hydrogens (tertiary/aromatic N) is 2. The van der Waals surface area contributed by atoms with Gasteiger partial charge in [-0.25, -0.2) is 4.98 Å². The first kappa shape index (κ1) is 16.5. The predicted molar refractivity (Wildman–Crippen MR) is 94.7 cm³/mol. The van der Waals surface area contributed by atoms with E-state index in [0.29, 0.717) is 12.3 Å². The molecule has 0 atom stereocenters. The molecule has 0 spiro atoms. The summed E-state index contributed by atoms with van der Waals surface area (Å²) in [5.41, 5.74) is -0.394. The third-order valence-corrected chi connectivity index (χ3v) is 5.90. The molecule has 2 rings (SSSR count). The summed E-state index contributed by atoms with van der Waals surface area (Å²) in [5, 5.41) is 0. The van der Waals surface area contributed by atoms with Crippen molar-refractivity contribution in [3.8, 4) is 0 Å². The summed E-state index contributed by atoms with van der Waals surface area (Å²) in [6, 6.07) is 0. The minimum atomic E-state index is -0.394. The van der Waals surface area contributed by atoms with E-state index in [0.717, 1.165) is 16.7 Å². The number of imidazole rings is 1. The fourth-order valence-corrected chi connectivity index (χ4v) is 3.21. The normalized spacial score (nSPS) is 15.4. The van der Waals surface area contributed by atoms with Crippen molar-refractivity contribution in [3.05, 3.63) is 13.2 Å². The Morgan fingerprint density at radius 2 is 2.05 bits per heavy atom. The Morgan fingerprint density at radius 3 is 2.60 bits per heavy atom. The van der Waals surface area contributed by atoms with Gasteiger partial charge in [0.2, 0.25) is 0 Å². The molecule has 4 nitrogen and oxygen atoms in total. The SMILES string of the molecule is CC(C)(C)OC(=O)CCCn1c(C2CC2)nc(I)c1I. The number of ether oxygens (including phenoxy) is 1. The number of rotatable bonds is 5. The fraction of sp³-hybridized carbons (Fsp3) is 0.714. The average Bonchev–Trinajstić information content (AvgIpc) is 3.09. The third kappa shape index (κ3) is 4.57. The molecule has 0 bridgehead atoms. The molecule has 1 heterocycles. The van der Waals surface area contributed by atoms with E-state index in [1.165, 1.54) is 22.4 Å². The second-order valence-electron chi connectivity index (χ2n) is 6.17. The molecule has 112 valence electrons. The van der Waals surface area contributed by atoms with Crippen molar-refractivity contribution in [2.75, 3.05) is 0 Å². The van der Waals surface area contributed by atoms with Crippen molar-refractivity contribution in [3.63, 3.8) is 0 Å². The molecule has 20 heavy (non-hydrogen) atoms. The van der Waals surface area contributed by atoms with E-state index in [-0.39, 0.29) is 5.97 Å². The Morgan fingerprint density at radius 1 is 1.40 bits per heavy atom. The van der Waals surface area contributed by atoms with Crippen LogP contribution in [0.25, 0.3) is 0 Å². The van der Waals surface area contributed by atoms with E-state index in [4.69, 9.17) is 4.74 Å². The summed E-state index contributed by atoms with van der Waals surface area (Å²) in [6.07, 6.45) is 3.76. The molecule has 1 fully saturated rings. The molecule has 1 aromatic rings. The van der Waals surface area contributed by atoms with Gasteiger partial charge in [-0.15, -0.1) is 0 Å². The van der Waals surface area contributed by atoms with E-state index in [2.05, 4.69) is 54.7 Å². The van der Waals surface area contributed by atoms with Crippen molar-refractivity contribution in [1.82, 2.24) is 9.55 Å². The monoisotopic (exact) mass is 502 g/mol. The maximum absolute atomic E-state index is 11.7. The van der Waals surface area contributed by atoms with E-state index in [1.807, 2.05) is 20.8 Å². The van der Waals surface area contributed by atoms with Crippen LogP contribution in [0, 0.1) is 7.40 Å². The zero-order valence-electron chi connectivity index (χ0n) is 12.1. The van der Waals surface area contributed by atoms with Gasteiger partial charge in [-0.2, -0.15) is 0 Å². The van der Waals surface area contributed by atoms with Gasteiger partial charge in [0.1, 0.15) is 18.8 Å². The summed E-state index contributed by atoms with van der Waals surface area (Å²) in [5.74, 6) is 1.71. The molecule has 1 aliphatic rings. The maximum atomic E-state index is 11.7. The van der Waals surface area contributed by atoms with Crippen LogP contribution in [0.1, 0.15) is 58.2 Å². The minimum Gasteiger partial charge on any atom is -0.460 e. The standard InChI is InChI=1S/C14H20I2N2O2/c1-14(2,3)20-10(19)5-4-8-18-12(16)11(15)17-13(18)9-6-7-9/h9H,4-8H2,1-3H3. The highest BCUT2D eigenvalue weighted by molar-refractivity contribution is 14.1. The number of halogens is 2. The van der Waals surface area contributed by atoms with Crippen LogP contribution in [-0.4, -0.2) is 21.1 Å². The van der Waals surface area contributed by atoms with Crippen molar-refractivity contribution in [1.29, 1.82) is 0 Å². The Labute approximate surface area is 147 Å². The van der Waals surface area contributed by atoms with E-state index in [1.54, 1.807) is 0 Å². The van der Waals surface area contributed by atoms with Crippen LogP contribution >= 0.6 is 45.2 Å². The zero-order chi connectivity index (χ0) is 14.9. The molecule has 0 aliphatic heterocycles. The average molecular weight is 502 g/mol. The lowest BCUT2D eigenvalue weighted by atomic mass is 10.2. The summed E-state index contributed by atoms with van der Waals surface area (Å²) < 4.78 is 9.86. The summed E-state index contributed by atoms with van der Waals surface area (Å²) in [7, 11) is 0. The van der Waals surface area contributed by atoms with Crippen LogP contribution in [0.3, 0.4) is 0 Å². The second-order valence-corrected chi connectivity index (χ2v) is 8.21. The number of esters is 1. The van der Waals surface area contributed by atoms with Gasteiger partial charge in [-0.3, -0.25) is 4.79 Å². The number of carbonyl (C=O) groups excluding carboxylic acids is 1. The summed E-state index contributed by atoms with van der Waals surface area (Å²) in [6.45, 7) is 6.55. The topological polar surface area (TPSA) is 44.1 Å². The van der Waals surface area contributed by atoms with Gasteiger partial charge in [-0.05, 0) is 85.2 Å². The molecule has 0 unspecified atom stereocenters. The Bertz CT molecular complexity index is 502. The van der Waals surface area contributed by atoms with Crippen LogP contribution < -0.4 is 0 Å². The Balaban J connectivity index is 1.90. The quantitative estimate of drug-likeness (QED) is 0.451. The van der Waals surface area contributed by atoms with Gasteiger partial charge in [0.05, 0.1) is 0 Å². The van der Waals surface area contributed by atoms with Crippen molar-refractivity contribution in [2.24, 2.45) is 0 Å². The smallest absolute Gasteiger partial charge is 0.306 e. The van der Waals surface area contributed by atoms with Gasteiger partial charge in [0.15, 0.2) is 0 Å². The Hall–Kier alpha value is 0.140. The molecule has 0 N–H and O–H groups in total. The molecule has 0 amide bonds. The van der Waals surface area contributed by atoms with Crippen LogP contribution in [0.5, 0.6) is 0 Å². The number of aromatic nitrogens is 2. The predicted octanol–water partition coefficient (Wildman–Crippen LogP) is 4.09. The largest absolute Gasteiger partial charge is 0.460 e. The molecule has 6 heteroatoms. The first-order valence-electron chi connectivity index (χ1n) is 6.91. The highest BCUT2D eigenvalue weighted by Crippen LogP contribution is 2.40. The van der Waals surface area contributed by atoms with Crippen molar-refractivity contribution in [2.45, 2.75) is 64.5 Å². The van der Waals surface area contributed by atoms with Crippen LogP contribution in [0.2, 0.25) is 0 Å². The van der Waals surface area contributed by atoms with Gasteiger partial charge < -0.3 is 9.30 Å². The van der Waals surface area contributed by atoms with Gasteiger partial charge in [-0.1, -0.05) is 0 Å². The van der Waals surface area contributed by atoms with Crippen molar-refractivity contribution < 1.29 is 9.53 Å². The lowest BCUT2D eigenvalue weighted by Crippen LogP contribution is -2.24. The van der Waals surface area contributed by atoms with E-state index in [9.17, 15) is 4.79 Å². The molecule has 1 aromatic heterocycles. The van der Waals surface area contributed by atoms with E-state index < -0.39 is 5.60 Å². The second kappa shape index (κ2) is 6.50. The molecular weight excluding hydrogens is 482 g/mol. The minimum absolute atomic E-state index is 0.115. The molecule has 0 radical (unpaired) electrons. The molecule has 0 aromatic carbocycles. The van der Waals surface area contributed by atoms with Crippen LogP contribution in [0.15, 0.2) is 0 Å². The lowest BCUT2D eigenvalue weighted by molar-refractivity contribution is -0.154. The van der Waals surface area contributed by atoms with Gasteiger partial charge >= 0.3 is 5.97 Å². The van der Waals surface area contributed by atoms with Gasteiger partial charge in [0, 0.05) is 18.9 Å². The number of hydrogen-bond donors (Lipinski definition) is 0. The highest BCUT2D eigenvalue weighted by Gasteiger charge is 2.30. The van der Waals surface area contributed by atoms with Gasteiger partial charge in [0.25, 0.3) is 0 Å². The Kier molecular flexibility index (Phi) is 5.36. The zero-order valence-corrected chi connectivity index (χ0v) is 16.4. The first-order valence-corrected chi connectivity index (χ1v) is 9.07. The fourth-order valence-electron chi connectivity index (χ4n) is 2.06. The van der Waals surface area contributed by atoms with Crippen LogP contribution in [-0.2, 0) is 16.1 Å². The number of carbonyl (C=O) groups is 1. The van der Waals surface area contributed by atoms with Crippen molar-refractivity contribution >= 4 is 51.2 Å². The molecule has 0 saturated heterocycles. The third-order valence-electron chi connectivity index (χ3n) is 3.02. The summed E-state index contributed by atoms with van der Waals surface area (Å²) >= 11 is 4.63.